The number of hydrogen-bond acceptors (Lipinski definition) is 1. The molecule has 114 valence electrons. The van der Waals surface area contributed by atoms with Crippen molar-refractivity contribution in [1.29, 1.82) is 0 Å². The van der Waals surface area contributed by atoms with Crippen molar-refractivity contribution in [1.82, 2.24) is 0 Å². The van der Waals surface area contributed by atoms with Crippen LogP contribution >= 0.6 is 34.8 Å². The average Bonchev–Trinajstić information content (AvgIpc) is 2.48. The van der Waals surface area contributed by atoms with Crippen LogP contribution in [0.1, 0.15) is 20.8 Å². The molecule has 1 aromatic carbocycles. The molecule has 0 saturated heterocycles. The summed E-state index contributed by atoms with van der Waals surface area (Å²) in [5.41, 5.74) is 2.35. The van der Waals surface area contributed by atoms with Gasteiger partial charge in [-0.1, -0.05) is 47.8 Å². The monoisotopic (exact) mass is 420 g/mol. The first kappa shape index (κ1) is 23.9. The number of allylic oxidation sites excluding steroid dienone is 3. The van der Waals surface area contributed by atoms with E-state index in [1.165, 1.54) is 5.57 Å². The van der Waals surface area contributed by atoms with Gasteiger partial charge in [-0.15, -0.1) is 0 Å². The third-order valence-electron chi connectivity index (χ3n) is 3.05. The summed E-state index contributed by atoms with van der Waals surface area (Å²) in [4.78, 5) is 0. The smallest absolute Gasteiger partial charge is 1.00 e. The minimum Gasteiger partial charge on any atom is -1.00 e. The predicted molar refractivity (Wildman–Crippen MR) is 77.7 cm³/mol. The second-order valence-corrected chi connectivity index (χ2v) is 5.68. The second kappa shape index (κ2) is 9.73. The van der Waals surface area contributed by atoms with E-state index in [0.717, 1.165) is 11.3 Å². The normalized spacial score (nSPS) is 16.5. The van der Waals surface area contributed by atoms with Crippen molar-refractivity contribution >= 4 is 34.8 Å². The van der Waals surface area contributed by atoms with Crippen LogP contribution in [0.25, 0.3) is 0 Å². The van der Waals surface area contributed by atoms with Crippen LogP contribution < -0.4 is 29.6 Å². The fraction of sp³-hybridized carbons (Fsp3) is 0.286. The van der Waals surface area contributed by atoms with Gasteiger partial charge >= 0.3 is 21.7 Å². The summed E-state index contributed by atoms with van der Waals surface area (Å²) in [5.74, 6) is 1.58. The minimum atomic E-state index is 0. The Balaban J connectivity index is 0. The van der Waals surface area contributed by atoms with Crippen LogP contribution in [-0.2, 0) is 21.7 Å². The van der Waals surface area contributed by atoms with Gasteiger partial charge in [-0.2, -0.15) is 0 Å². The van der Waals surface area contributed by atoms with Crippen molar-refractivity contribution in [2.45, 2.75) is 20.8 Å². The maximum Gasteiger partial charge on any atom is 2.00 e. The molecule has 0 heterocycles. The fourth-order valence-corrected chi connectivity index (χ4v) is 2.91. The Labute approximate surface area is 167 Å². The number of halogens is 5. The molecule has 0 bridgehead atoms. The molecule has 1 nitrogen and oxygen atoms in total. The summed E-state index contributed by atoms with van der Waals surface area (Å²) in [7, 11) is 0. The van der Waals surface area contributed by atoms with Crippen molar-refractivity contribution in [2.24, 2.45) is 5.92 Å². The zero-order valence-electron chi connectivity index (χ0n) is 11.6. The molecule has 0 saturated carbocycles. The molecule has 1 aromatic rings. The number of hydrogen-bond donors (Lipinski definition) is 0. The van der Waals surface area contributed by atoms with Gasteiger partial charge in [0.1, 0.15) is 5.76 Å². The maximum atomic E-state index is 6.11. The van der Waals surface area contributed by atoms with Crippen LogP contribution in [0.2, 0.25) is 15.1 Å². The molecule has 0 fully saturated rings. The van der Waals surface area contributed by atoms with Crippen LogP contribution in [0.3, 0.4) is 0 Å². The predicted octanol–water partition coefficient (Wildman–Crippen LogP) is -0.0989. The third kappa shape index (κ3) is 5.35. The van der Waals surface area contributed by atoms with Crippen molar-refractivity contribution < 1.29 is 51.3 Å². The van der Waals surface area contributed by atoms with E-state index in [9.17, 15) is 0 Å². The number of ether oxygens (including phenoxy) is 1. The van der Waals surface area contributed by atoms with Gasteiger partial charge in [-0.25, -0.2) is 0 Å². The average molecular weight is 422 g/mol. The van der Waals surface area contributed by atoms with E-state index in [2.05, 4.69) is 19.9 Å². The Hall–Kier alpha value is 0.664. The molecule has 0 radical (unpaired) electrons. The van der Waals surface area contributed by atoms with Crippen molar-refractivity contribution in [3.8, 4) is 5.75 Å². The van der Waals surface area contributed by atoms with Crippen molar-refractivity contribution in [3.05, 3.63) is 50.2 Å². The van der Waals surface area contributed by atoms with E-state index in [1.54, 1.807) is 12.1 Å². The first-order chi connectivity index (χ1) is 8.40. The molecule has 0 amide bonds. The summed E-state index contributed by atoms with van der Waals surface area (Å²) < 4.78 is 5.89. The van der Waals surface area contributed by atoms with Crippen LogP contribution in [0.4, 0.5) is 0 Å². The van der Waals surface area contributed by atoms with E-state index in [4.69, 9.17) is 39.5 Å². The van der Waals surface area contributed by atoms with Crippen LogP contribution in [-0.4, -0.2) is 0 Å². The molecule has 7 heteroatoms. The Morgan fingerprint density at radius 1 is 1.00 bits per heavy atom. The van der Waals surface area contributed by atoms with E-state index in [-0.39, 0.29) is 52.4 Å². The molecule has 1 aliphatic carbocycles. The zero-order chi connectivity index (χ0) is 13.4. The van der Waals surface area contributed by atoms with Gasteiger partial charge < -0.3 is 29.6 Å². The van der Waals surface area contributed by atoms with Crippen LogP contribution in [0.15, 0.2) is 35.1 Å². The summed E-state index contributed by atoms with van der Waals surface area (Å²) in [6.07, 6.45) is 2.16. The fourth-order valence-electron chi connectivity index (χ4n) is 2.02. The number of benzene rings is 1. The second-order valence-electron chi connectivity index (χ2n) is 4.43. The third-order valence-corrected chi connectivity index (χ3v) is 3.83. The molecule has 1 unspecified atom stereocenters. The Kier molecular flexibility index (Phi) is 11.1. The molecule has 1 aliphatic rings. The van der Waals surface area contributed by atoms with Gasteiger partial charge in [0.15, 0.2) is 5.75 Å². The molecule has 0 aromatic heterocycles. The first-order valence-electron chi connectivity index (χ1n) is 5.62. The van der Waals surface area contributed by atoms with Gasteiger partial charge in [-0.3, -0.25) is 0 Å². The van der Waals surface area contributed by atoms with Crippen LogP contribution in [0.5, 0.6) is 5.75 Å². The zero-order valence-corrected chi connectivity index (χ0v) is 16.9. The first-order valence-corrected chi connectivity index (χ1v) is 6.75. The topological polar surface area (TPSA) is 9.23 Å². The van der Waals surface area contributed by atoms with Gasteiger partial charge in [0.2, 0.25) is 0 Å². The van der Waals surface area contributed by atoms with Crippen LogP contribution in [0, 0.1) is 5.92 Å². The van der Waals surface area contributed by atoms with Crippen molar-refractivity contribution in [2.75, 3.05) is 0 Å². The Morgan fingerprint density at radius 2 is 1.48 bits per heavy atom. The van der Waals surface area contributed by atoms with Crippen molar-refractivity contribution in [3.63, 3.8) is 0 Å². The molecular formula is C14H13Cl5OTi. The quantitative estimate of drug-likeness (QED) is 0.606. The number of rotatable bonds is 2. The molecule has 2 rings (SSSR count). The molecule has 0 aliphatic heterocycles. The minimum absolute atomic E-state index is 0. The van der Waals surface area contributed by atoms with E-state index in [1.807, 2.05) is 6.92 Å². The SMILES string of the molecule is CC1=CC(C)C(Oc2c(Cl)cc(Cl)cc2Cl)=C1C.[Cl-].[Cl-].[Ti+2]. The summed E-state index contributed by atoms with van der Waals surface area (Å²) in [6.45, 7) is 6.17. The molecule has 21 heavy (non-hydrogen) atoms. The van der Waals surface area contributed by atoms with Gasteiger partial charge in [0, 0.05) is 10.9 Å². The Bertz CT molecular complexity index is 545. The van der Waals surface area contributed by atoms with E-state index < -0.39 is 0 Å². The summed E-state index contributed by atoms with van der Waals surface area (Å²) in [6, 6.07) is 3.25. The molecule has 1 atom stereocenters. The maximum absolute atomic E-state index is 6.11. The van der Waals surface area contributed by atoms with E-state index >= 15 is 0 Å². The summed E-state index contributed by atoms with van der Waals surface area (Å²) in [5, 5.41) is 1.34. The van der Waals surface area contributed by atoms with Gasteiger partial charge in [-0.05, 0) is 37.1 Å². The molecule has 0 N–H and O–H groups in total. The Morgan fingerprint density at radius 3 is 1.86 bits per heavy atom. The largest absolute Gasteiger partial charge is 2.00 e. The van der Waals surface area contributed by atoms with Gasteiger partial charge in [0.25, 0.3) is 0 Å². The molecule has 0 spiro atoms. The standard InChI is InChI=1S/C14H13Cl3O.2ClH.Ti/c1-7-4-8(2)13(9(7)3)18-14-11(16)5-10(15)6-12(14)17;;;/h4-6,8H,1-3H3;2*1H;/q;;;+2/p-2. The van der Waals surface area contributed by atoms with E-state index in [0.29, 0.717) is 20.8 Å². The summed E-state index contributed by atoms with van der Waals surface area (Å²) >= 11 is 18.1. The van der Waals surface area contributed by atoms with Gasteiger partial charge in [0.05, 0.1) is 10.0 Å². The molecular weight excluding hydrogens is 409 g/mol.